The van der Waals surface area contributed by atoms with Gasteiger partial charge in [0.15, 0.2) is 0 Å². The Kier molecular flexibility index (Phi) is 6.19. The largest absolute Gasteiger partial charge is 0.312 e. The molecule has 0 radical (unpaired) electrons. The number of sulfonamides is 1. The van der Waals surface area contributed by atoms with Crippen molar-refractivity contribution in [2.24, 2.45) is 0 Å². The summed E-state index contributed by atoms with van der Waals surface area (Å²) in [4.78, 5) is 3.77. The lowest BCUT2D eigenvalue weighted by Crippen LogP contribution is -2.40. The molecule has 1 saturated heterocycles. The number of thiophene rings is 1. The summed E-state index contributed by atoms with van der Waals surface area (Å²) < 4.78 is 27.3. The van der Waals surface area contributed by atoms with Crippen LogP contribution in [0.5, 0.6) is 0 Å². The average molecular weight is 332 g/mol. The summed E-state index contributed by atoms with van der Waals surface area (Å²) in [7, 11) is -3.38. The first-order valence-electron chi connectivity index (χ1n) is 7.55. The lowest BCUT2D eigenvalue weighted by Gasteiger charge is -2.23. The molecule has 0 amide bonds. The maximum absolute atomic E-state index is 12.3. The number of hydrogen-bond donors (Lipinski definition) is 2. The Morgan fingerprint density at radius 3 is 2.76 bits per heavy atom. The predicted molar refractivity (Wildman–Crippen MR) is 87.2 cm³/mol. The summed E-state index contributed by atoms with van der Waals surface area (Å²) in [6, 6.07) is 2.01. The molecule has 1 unspecified atom stereocenters. The predicted octanol–water partition coefficient (Wildman–Crippen LogP) is 1.62. The molecule has 1 fully saturated rings. The van der Waals surface area contributed by atoms with Gasteiger partial charge in [0.05, 0.1) is 4.90 Å². The van der Waals surface area contributed by atoms with Crippen molar-refractivity contribution in [1.82, 2.24) is 14.9 Å². The smallest absolute Gasteiger partial charge is 0.241 e. The van der Waals surface area contributed by atoms with Crippen LogP contribution in [0.3, 0.4) is 0 Å². The summed E-state index contributed by atoms with van der Waals surface area (Å²) in [5, 5.41) is 4.92. The van der Waals surface area contributed by atoms with Crippen LogP contribution in [0.1, 0.15) is 31.6 Å². The van der Waals surface area contributed by atoms with E-state index in [4.69, 9.17) is 0 Å². The van der Waals surface area contributed by atoms with Crippen LogP contribution in [0.4, 0.5) is 0 Å². The Balaban J connectivity index is 1.90. The fourth-order valence-corrected chi connectivity index (χ4v) is 4.83. The maximum atomic E-state index is 12.3. The van der Waals surface area contributed by atoms with E-state index in [0.29, 0.717) is 11.4 Å². The van der Waals surface area contributed by atoms with E-state index in [1.807, 2.05) is 6.92 Å². The Labute approximate surface area is 131 Å². The highest BCUT2D eigenvalue weighted by molar-refractivity contribution is 7.89. The second-order valence-corrected chi connectivity index (χ2v) is 8.24. The second-order valence-electron chi connectivity index (χ2n) is 5.47. The first kappa shape index (κ1) is 16.9. The van der Waals surface area contributed by atoms with Gasteiger partial charge < -0.3 is 5.32 Å². The molecule has 1 aromatic rings. The molecular weight excluding hydrogens is 306 g/mol. The zero-order valence-electron chi connectivity index (χ0n) is 12.8. The lowest BCUT2D eigenvalue weighted by atomic mass is 10.3. The molecule has 0 bridgehead atoms. The minimum atomic E-state index is -3.38. The maximum Gasteiger partial charge on any atom is 0.241 e. The molecule has 0 aromatic carbocycles. The molecule has 0 saturated carbocycles. The SMILES string of the molecule is CCNCc1cc(S(=O)(=O)NCC(C)N2CCCC2)cs1. The molecule has 120 valence electrons. The summed E-state index contributed by atoms with van der Waals surface area (Å²) in [6.07, 6.45) is 2.44. The zero-order chi connectivity index (χ0) is 15.3. The zero-order valence-corrected chi connectivity index (χ0v) is 14.4. The summed E-state index contributed by atoms with van der Waals surface area (Å²) in [6.45, 7) is 8.35. The molecule has 0 aliphatic carbocycles. The van der Waals surface area contributed by atoms with Crippen molar-refractivity contribution < 1.29 is 8.42 Å². The van der Waals surface area contributed by atoms with E-state index in [1.54, 1.807) is 11.4 Å². The van der Waals surface area contributed by atoms with Gasteiger partial charge in [0.1, 0.15) is 0 Å². The molecule has 0 spiro atoms. The van der Waals surface area contributed by atoms with Crippen LogP contribution in [-0.2, 0) is 16.6 Å². The molecular formula is C14H25N3O2S2. The molecule has 1 aliphatic heterocycles. The molecule has 2 heterocycles. The van der Waals surface area contributed by atoms with E-state index in [1.165, 1.54) is 24.2 Å². The van der Waals surface area contributed by atoms with Crippen LogP contribution in [0.2, 0.25) is 0 Å². The van der Waals surface area contributed by atoms with E-state index >= 15 is 0 Å². The van der Waals surface area contributed by atoms with Crippen molar-refractivity contribution >= 4 is 21.4 Å². The third kappa shape index (κ3) is 4.75. The summed E-state index contributed by atoms with van der Waals surface area (Å²) in [5.41, 5.74) is 0. The number of nitrogens with zero attached hydrogens (tertiary/aromatic N) is 1. The van der Waals surface area contributed by atoms with Gasteiger partial charge in [0.25, 0.3) is 0 Å². The van der Waals surface area contributed by atoms with Crippen molar-refractivity contribution in [3.05, 3.63) is 16.3 Å². The van der Waals surface area contributed by atoms with E-state index in [0.717, 1.165) is 31.1 Å². The van der Waals surface area contributed by atoms with Crippen molar-refractivity contribution in [3.8, 4) is 0 Å². The van der Waals surface area contributed by atoms with Gasteiger partial charge in [0.2, 0.25) is 10.0 Å². The number of likely N-dealkylation sites (tertiary alicyclic amines) is 1. The van der Waals surface area contributed by atoms with E-state index in [9.17, 15) is 8.42 Å². The van der Waals surface area contributed by atoms with Crippen LogP contribution in [0, 0.1) is 0 Å². The quantitative estimate of drug-likeness (QED) is 0.760. The van der Waals surface area contributed by atoms with E-state index in [2.05, 4.69) is 21.9 Å². The third-order valence-corrected chi connectivity index (χ3v) is 6.31. The Morgan fingerprint density at radius 2 is 2.10 bits per heavy atom. The fourth-order valence-electron chi connectivity index (χ4n) is 2.47. The Morgan fingerprint density at radius 1 is 1.38 bits per heavy atom. The van der Waals surface area contributed by atoms with Crippen LogP contribution < -0.4 is 10.0 Å². The fraction of sp³-hybridized carbons (Fsp3) is 0.714. The molecule has 1 aromatic heterocycles. The third-order valence-electron chi connectivity index (χ3n) is 3.82. The molecule has 2 N–H and O–H groups in total. The minimum absolute atomic E-state index is 0.252. The van der Waals surface area contributed by atoms with E-state index < -0.39 is 10.0 Å². The number of nitrogens with one attached hydrogen (secondary N) is 2. The van der Waals surface area contributed by atoms with Gasteiger partial charge in [-0.25, -0.2) is 13.1 Å². The molecule has 7 heteroatoms. The van der Waals surface area contributed by atoms with Crippen molar-refractivity contribution in [2.45, 2.75) is 44.2 Å². The normalized spacial score (nSPS) is 18.2. The molecule has 21 heavy (non-hydrogen) atoms. The standard InChI is InChI=1S/C14H25N3O2S2/c1-3-15-10-13-8-14(11-20-13)21(18,19)16-9-12(2)17-6-4-5-7-17/h8,11-12,15-16H,3-7,9-10H2,1-2H3. The number of rotatable bonds is 8. The van der Waals surface area contributed by atoms with Crippen molar-refractivity contribution in [3.63, 3.8) is 0 Å². The number of hydrogen-bond acceptors (Lipinski definition) is 5. The highest BCUT2D eigenvalue weighted by Crippen LogP contribution is 2.19. The van der Waals surface area contributed by atoms with Gasteiger partial charge in [-0.05, 0) is 45.5 Å². The van der Waals surface area contributed by atoms with Crippen molar-refractivity contribution in [2.75, 3.05) is 26.2 Å². The first-order chi connectivity index (χ1) is 10.0. The Hall–Kier alpha value is -0.470. The topological polar surface area (TPSA) is 61.4 Å². The van der Waals surface area contributed by atoms with Crippen LogP contribution >= 0.6 is 11.3 Å². The molecule has 5 nitrogen and oxygen atoms in total. The van der Waals surface area contributed by atoms with Crippen LogP contribution in [0.25, 0.3) is 0 Å². The molecule has 2 rings (SSSR count). The summed E-state index contributed by atoms with van der Waals surface area (Å²) in [5.74, 6) is 0. The summed E-state index contributed by atoms with van der Waals surface area (Å²) >= 11 is 1.48. The van der Waals surface area contributed by atoms with Gasteiger partial charge in [-0.2, -0.15) is 0 Å². The van der Waals surface area contributed by atoms with Gasteiger partial charge in [-0.15, -0.1) is 11.3 Å². The first-order valence-corrected chi connectivity index (χ1v) is 9.91. The lowest BCUT2D eigenvalue weighted by molar-refractivity contribution is 0.260. The van der Waals surface area contributed by atoms with Gasteiger partial charge in [-0.1, -0.05) is 6.92 Å². The second kappa shape index (κ2) is 7.69. The molecule has 1 aliphatic rings. The van der Waals surface area contributed by atoms with Crippen molar-refractivity contribution in [1.29, 1.82) is 0 Å². The molecule has 1 atom stereocenters. The van der Waals surface area contributed by atoms with Gasteiger partial charge in [0, 0.05) is 29.4 Å². The van der Waals surface area contributed by atoms with E-state index in [-0.39, 0.29) is 6.04 Å². The van der Waals surface area contributed by atoms with Gasteiger partial charge >= 0.3 is 0 Å². The highest BCUT2D eigenvalue weighted by Gasteiger charge is 2.21. The Bertz CT molecular complexity index is 536. The highest BCUT2D eigenvalue weighted by atomic mass is 32.2. The minimum Gasteiger partial charge on any atom is -0.312 e. The van der Waals surface area contributed by atoms with Crippen LogP contribution in [0.15, 0.2) is 16.3 Å². The van der Waals surface area contributed by atoms with Crippen LogP contribution in [-0.4, -0.2) is 45.5 Å². The monoisotopic (exact) mass is 331 g/mol. The average Bonchev–Trinajstić information content (AvgIpc) is 3.13. The van der Waals surface area contributed by atoms with Gasteiger partial charge in [-0.3, -0.25) is 4.90 Å².